The van der Waals surface area contributed by atoms with Gasteiger partial charge in [0.1, 0.15) is 0 Å². The van der Waals surface area contributed by atoms with Gasteiger partial charge < -0.3 is 0 Å². The van der Waals surface area contributed by atoms with E-state index in [0.717, 1.165) is 4.90 Å². The molecular weight excluding hydrogens is 142 g/mol. The van der Waals surface area contributed by atoms with Crippen molar-refractivity contribution >= 4 is 12.3 Å². The van der Waals surface area contributed by atoms with Crippen LogP contribution in [0.15, 0.2) is 11.6 Å². The highest BCUT2D eigenvalue weighted by atomic mass is 16.2. The van der Waals surface area contributed by atoms with Crippen molar-refractivity contribution < 1.29 is 9.59 Å². The Hall–Kier alpha value is -1.12. The Kier molecular flexibility index (Phi) is 4.18. The minimum Gasteiger partial charge on any atom is -0.282 e. The maximum atomic E-state index is 11.2. The number of carbonyl (C=O) groups excluding carboxylic acids is 2. The highest BCUT2D eigenvalue weighted by molar-refractivity contribution is 5.98. The van der Waals surface area contributed by atoms with E-state index in [1.807, 2.05) is 0 Å². The molecule has 0 atom stereocenters. The second-order valence-electron chi connectivity index (χ2n) is 2.17. The summed E-state index contributed by atoms with van der Waals surface area (Å²) in [6.45, 7) is 5.64. The predicted octanol–water partition coefficient (Wildman–Crippen LogP) is 0.958. The van der Waals surface area contributed by atoms with Gasteiger partial charge in [0.05, 0.1) is 0 Å². The summed E-state index contributed by atoms with van der Waals surface area (Å²) in [6.07, 6.45) is 2.24. The zero-order valence-corrected chi connectivity index (χ0v) is 7.13. The number of carbonyl (C=O) groups is 2. The van der Waals surface area contributed by atoms with E-state index in [-0.39, 0.29) is 5.91 Å². The SMILES string of the molecule is C/C=C(/C)C(=O)N(C=O)CC. The molecule has 0 aliphatic rings. The molecule has 0 aliphatic heterocycles. The van der Waals surface area contributed by atoms with E-state index in [2.05, 4.69) is 0 Å². The molecule has 3 nitrogen and oxygen atoms in total. The number of rotatable bonds is 3. The lowest BCUT2D eigenvalue weighted by Gasteiger charge is -2.11. The van der Waals surface area contributed by atoms with Crippen LogP contribution >= 0.6 is 0 Å². The molecule has 0 radical (unpaired) electrons. The molecule has 0 fully saturated rings. The number of allylic oxidation sites excluding steroid dienone is 1. The number of imide groups is 1. The van der Waals surface area contributed by atoms with Crippen LogP contribution in [0.1, 0.15) is 20.8 Å². The minimum absolute atomic E-state index is 0.218. The molecule has 11 heavy (non-hydrogen) atoms. The van der Waals surface area contributed by atoms with E-state index in [0.29, 0.717) is 18.5 Å². The molecule has 0 unspecified atom stereocenters. The second kappa shape index (κ2) is 4.66. The predicted molar refractivity (Wildman–Crippen MR) is 42.9 cm³/mol. The first-order valence-electron chi connectivity index (χ1n) is 3.56. The summed E-state index contributed by atoms with van der Waals surface area (Å²) < 4.78 is 0. The topological polar surface area (TPSA) is 37.4 Å². The fourth-order valence-corrected chi connectivity index (χ4v) is 0.616. The summed E-state index contributed by atoms with van der Waals surface area (Å²) >= 11 is 0. The third-order valence-electron chi connectivity index (χ3n) is 1.50. The summed E-state index contributed by atoms with van der Waals surface area (Å²) in [5, 5.41) is 0. The molecule has 0 aromatic heterocycles. The van der Waals surface area contributed by atoms with E-state index >= 15 is 0 Å². The maximum Gasteiger partial charge on any atom is 0.255 e. The van der Waals surface area contributed by atoms with Crippen molar-refractivity contribution in [2.24, 2.45) is 0 Å². The van der Waals surface area contributed by atoms with Crippen molar-refractivity contribution in [2.45, 2.75) is 20.8 Å². The normalized spacial score (nSPS) is 11.0. The van der Waals surface area contributed by atoms with Gasteiger partial charge in [0, 0.05) is 12.1 Å². The van der Waals surface area contributed by atoms with Gasteiger partial charge in [-0.25, -0.2) is 0 Å². The van der Waals surface area contributed by atoms with Crippen molar-refractivity contribution in [3.05, 3.63) is 11.6 Å². The van der Waals surface area contributed by atoms with Crippen molar-refractivity contribution in [3.8, 4) is 0 Å². The molecule has 0 saturated carbocycles. The quantitative estimate of drug-likeness (QED) is 0.449. The van der Waals surface area contributed by atoms with E-state index in [1.165, 1.54) is 0 Å². The smallest absolute Gasteiger partial charge is 0.255 e. The van der Waals surface area contributed by atoms with Gasteiger partial charge in [0.25, 0.3) is 5.91 Å². The minimum atomic E-state index is -0.218. The molecule has 0 aliphatic carbocycles. The molecule has 0 aromatic rings. The van der Waals surface area contributed by atoms with Crippen LogP contribution in [0.3, 0.4) is 0 Å². The molecule has 0 aromatic carbocycles. The Morgan fingerprint density at radius 3 is 2.36 bits per heavy atom. The van der Waals surface area contributed by atoms with E-state index < -0.39 is 0 Å². The van der Waals surface area contributed by atoms with Gasteiger partial charge in [-0.1, -0.05) is 6.08 Å². The van der Waals surface area contributed by atoms with Crippen LogP contribution < -0.4 is 0 Å². The number of hydrogen-bond donors (Lipinski definition) is 0. The Bertz CT molecular complexity index is 185. The Balaban J connectivity index is 4.33. The first kappa shape index (κ1) is 9.88. The molecular formula is C8H13NO2. The molecule has 0 heterocycles. The zero-order chi connectivity index (χ0) is 8.85. The highest BCUT2D eigenvalue weighted by Crippen LogP contribution is 1.97. The number of hydrogen-bond acceptors (Lipinski definition) is 2. The Morgan fingerprint density at radius 2 is 2.09 bits per heavy atom. The number of nitrogens with zero attached hydrogens (tertiary/aromatic N) is 1. The third-order valence-corrected chi connectivity index (χ3v) is 1.50. The average molecular weight is 155 g/mol. The van der Waals surface area contributed by atoms with Crippen LogP contribution in [0, 0.1) is 0 Å². The van der Waals surface area contributed by atoms with Gasteiger partial charge in [0.2, 0.25) is 6.41 Å². The average Bonchev–Trinajstić information content (AvgIpc) is 2.05. The fourth-order valence-electron chi connectivity index (χ4n) is 0.616. The van der Waals surface area contributed by atoms with E-state index in [4.69, 9.17) is 0 Å². The summed E-state index contributed by atoms with van der Waals surface area (Å²) in [6, 6.07) is 0. The van der Waals surface area contributed by atoms with E-state index in [9.17, 15) is 9.59 Å². The van der Waals surface area contributed by atoms with E-state index in [1.54, 1.807) is 26.8 Å². The van der Waals surface area contributed by atoms with Gasteiger partial charge in [0.15, 0.2) is 0 Å². The van der Waals surface area contributed by atoms with Crippen molar-refractivity contribution in [3.63, 3.8) is 0 Å². The van der Waals surface area contributed by atoms with Crippen LogP contribution in [-0.2, 0) is 9.59 Å². The molecule has 2 amide bonds. The van der Waals surface area contributed by atoms with Crippen LogP contribution in [0.5, 0.6) is 0 Å². The molecule has 0 N–H and O–H groups in total. The summed E-state index contributed by atoms with van der Waals surface area (Å²) in [4.78, 5) is 22.6. The van der Waals surface area contributed by atoms with Crippen LogP contribution in [0.2, 0.25) is 0 Å². The van der Waals surface area contributed by atoms with Crippen molar-refractivity contribution in [1.82, 2.24) is 4.90 Å². The largest absolute Gasteiger partial charge is 0.282 e. The number of likely N-dealkylation sites (N-methyl/N-ethyl adjacent to an activating group) is 1. The lowest BCUT2D eigenvalue weighted by molar-refractivity contribution is -0.134. The fraction of sp³-hybridized carbons (Fsp3) is 0.500. The Morgan fingerprint density at radius 1 is 1.55 bits per heavy atom. The monoisotopic (exact) mass is 155 g/mol. The van der Waals surface area contributed by atoms with Crippen molar-refractivity contribution in [2.75, 3.05) is 6.54 Å². The molecule has 62 valence electrons. The lowest BCUT2D eigenvalue weighted by Crippen LogP contribution is -2.29. The summed E-state index contributed by atoms with van der Waals surface area (Å²) in [5.41, 5.74) is 0.596. The molecule has 0 rings (SSSR count). The van der Waals surface area contributed by atoms with Gasteiger partial charge >= 0.3 is 0 Å². The Labute approximate surface area is 66.7 Å². The van der Waals surface area contributed by atoms with Crippen molar-refractivity contribution in [1.29, 1.82) is 0 Å². The van der Waals surface area contributed by atoms with Crippen LogP contribution in [0.25, 0.3) is 0 Å². The van der Waals surface area contributed by atoms with Crippen LogP contribution in [-0.4, -0.2) is 23.8 Å². The molecule has 0 bridgehead atoms. The van der Waals surface area contributed by atoms with Gasteiger partial charge in [-0.15, -0.1) is 0 Å². The maximum absolute atomic E-state index is 11.2. The summed E-state index contributed by atoms with van der Waals surface area (Å²) in [5.74, 6) is -0.218. The second-order valence-corrected chi connectivity index (χ2v) is 2.17. The standard InChI is InChI=1S/C8H13NO2/c1-4-7(3)8(11)9(5-2)6-10/h4,6H,5H2,1-3H3/b7-4-. The first-order chi connectivity index (χ1) is 5.17. The van der Waals surface area contributed by atoms with Gasteiger partial charge in [-0.05, 0) is 20.8 Å². The zero-order valence-electron chi connectivity index (χ0n) is 7.13. The van der Waals surface area contributed by atoms with Crippen LogP contribution in [0.4, 0.5) is 0 Å². The third kappa shape index (κ3) is 2.53. The molecule has 0 spiro atoms. The van der Waals surface area contributed by atoms with Gasteiger partial charge in [-0.3, -0.25) is 14.5 Å². The molecule has 0 saturated heterocycles. The summed E-state index contributed by atoms with van der Waals surface area (Å²) in [7, 11) is 0. The van der Waals surface area contributed by atoms with Gasteiger partial charge in [-0.2, -0.15) is 0 Å². The highest BCUT2D eigenvalue weighted by Gasteiger charge is 2.10. The lowest BCUT2D eigenvalue weighted by atomic mass is 10.2. The molecule has 3 heteroatoms. The number of amides is 2. The first-order valence-corrected chi connectivity index (χ1v) is 3.56.